The summed E-state index contributed by atoms with van der Waals surface area (Å²) in [6.45, 7) is 0. The molecule has 0 radical (unpaired) electrons. The topological polar surface area (TPSA) is 72.5 Å². The maximum absolute atomic E-state index is 11.6. The summed E-state index contributed by atoms with van der Waals surface area (Å²) < 4.78 is 23.1. The van der Waals surface area contributed by atoms with Gasteiger partial charge < -0.3 is 5.73 Å². The van der Waals surface area contributed by atoms with Gasteiger partial charge in [0.25, 0.3) is 0 Å². The van der Waals surface area contributed by atoms with Gasteiger partial charge in [-0.1, -0.05) is 18.2 Å². The minimum absolute atomic E-state index is 0.219. The molecule has 0 aliphatic rings. The number of aliphatic imine (C=N–C) groups is 1. The van der Waals surface area contributed by atoms with Gasteiger partial charge >= 0.3 is 0 Å². The predicted octanol–water partition coefficient (Wildman–Crippen LogP) is 2.19. The molecular formula is C12H12N2O2S2. The van der Waals surface area contributed by atoms with Crippen LogP contribution in [0.4, 0.5) is 5.69 Å². The van der Waals surface area contributed by atoms with E-state index in [1.165, 1.54) is 11.3 Å². The molecule has 6 heteroatoms. The van der Waals surface area contributed by atoms with Gasteiger partial charge in [-0.3, -0.25) is 0 Å². The zero-order chi connectivity index (χ0) is 13.2. The number of nitrogens with zero attached hydrogens (tertiary/aromatic N) is 1. The number of amidine groups is 1. The molecule has 0 fully saturated rings. The number of nitrogens with two attached hydrogens (primary N) is 1. The van der Waals surface area contributed by atoms with Crippen molar-refractivity contribution in [2.75, 3.05) is 6.26 Å². The molecule has 2 rings (SSSR count). The Hall–Kier alpha value is -1.66. The summed E-state index contributed by atoms with van der Waals surface area (Å²) in [6, 6.07) is 10.7. The van der Waals surface area contributed by atoms with Crippen LogP contribution >= 0.6 is 11.3 Å². The normalized spacial score (nSPS) is 12.6. The summed E-state index contributed by atoms with van der Waals surface area (Å²) in [7, 11) is -3.28. The highest BCUT2D eigenvalue weighted by Crippen LogP contribution is 2.23. The second-order valence-electron chi connectivity index (χ2n) is 3.72. The van der Waals surface area contributed by atoms with Gasteiger partial charge in [-0.15, -0.1) is 11.3 Å². The van der Waals surface area contributed by atoms with Crippen LogP contribution in [0.1, 0.15) is 4.88 Å². The summed E-state index contributed by atoms with van der Waals surface area (Å²) in [5.41, 5.74) is 6.56. The first-order valence-electron chi connectivity index (χ1n) is 5.15. The third-order valence-corrected chi connectivity index (χ3v) is 4.47. The molecule has 1 aromatic carbocycles. The zero-order valence-corrected chi connectivity index (χ0v) is 11.3. The van der Waals surface area contributed by atoms with Gasteiger partial charge in [0, 0.05) is 6.26 Å². The maximum atomic E-state index is 11.6. The van der Waals surface area contributed by atoms with Crippen molar-refractivity contribution in [3.8, 4) is 0 Å². The summed E-state index contributed by atoms with van der Waals surface area (Å²) in [5.74, 6) is 0.219. The Morgan fingerprint density at radius 1 is 1.22 bits per heavy atom. The third-order valence-electron chi connectivity index (χ3n) is 2.27. The van der Waals surface area contributed by atoms with E-state index < -0.39 is 9.84 Å². The smallest absolute Gasteiger partial charge is 0.177 e. The van der Waals surface area contributed by atoms with Crippen molar-refractivity contribution in [2.24, 2.45) is 10.7 Å². The molecule has 0 spiro atoms. The maximum Gasteiger partial charge on any atom is 0.177 e. The monoisotopic (exact) mass is 280 g/mol. The molecule has 0 saturated carbocycles. The molecule has 2 N–H and O–H groups in total. The van der Waals surface area contributed by atoms with E-state index in [2.05, 4.69) is 4.99 Å². The van der Waals surface area contributed by atoms with Crippen LogP contribution in [0.3, 0.4) is 0 Å². The van der Waals surface area contributed by atoms with Crippen LogP contribution in [0.25, 0.3) is 0 Å². The Kier molecular flexibility index (Phi) is 3.49. The largest absolute Gasteiger partial charge is 0.382 e. The lowest BCUT2D eigenvalue weighted by atomic mass is 10.3. The molecule has 0 saturated heterocycles. The number of hydrogen-bond donors (Lipinski definition) is 1. The molecule has 1 aromatic heterocycles. The predicted molar refractivity (Wildman–Crippen MR) is 74.3 cm³/mol. The minimum Gasteiger partial charge on any atom is -0.382 e. The lowest BCUT2D eigenvalue weighted by Gasteiger charge is -2.01. The second-order valence-corrected chi connectivity index (χ2v) is 6.62. The highest BCUT2D eigenvalue weighted by Gasteiger charge is 2.17. The summed E-state index contributed by atoms with van der Waals surface area (Å²) in [5, 5.41) is 1.69. The van der Waals surface area contributed by atoms with Crippen molar-refractivity contribution < 1.29 is 8.42 Å². The van der Waals surface area contributed by atoms with E-state index in [0.717, 1.165) is 6.26 Å². The Labute approximate surface area is 110 Å². The van der Waals surface area contributed by atoms with Crippen molar-refractivity contribution in [1.29, 1.82) is 0 Å². The molecule has 2 aromatic rings. The van der Waals surface area contributed by atoms with Gasteiger partial charge in [0.1, 0.15) is 5.84 Å². The van der Waals surface area contributed by atoms with Crippen LogP contribution in [0.2, 0.25) is 0 Å². The first-order chi connectivity index (χ1) is 8.48. The van der Waals surface area contributed by atoms with Crippen molar-refractivity contribution in [3.63, 3.8) is 0 Å². The van der Waals surface area contributed by atoms with Gasteiger partial charge in [0.05, 0.1) is 15.5 Å². The second kappa shape index (κ2) is 4.91. The van der Waals surface area contributed by atoms with Gasteiger partial charge in [-0.25, -0.2) is 13.4 Å². The van der Waals surface area contributed by atoms with E-state index in [0.29, 0.717) is 10.6 Å². The fourth-order valence-corrected chi connectivity index (χ4v) is 3.60. The van der Waals surface area contributed by atoms with E-state index in [9.17, 15) is 8.42 Å². The average molecular weight is 280 g/mol. The average Bonchev–Trinajstić information content (AvgIpc) is 2.79. The first kappa shape index (κ1) is 12.8. The van der Waals surface area contributed by atoms with Crippen LogP contribution in [-0.2, 0) is 9.84 Å². The fourth-order valence-electron chi connectivity index (χ4n) is 1.47. The van der Waals surface area contributed by atoms with Gasteiger partial charge in [-0.2, -0.15) is 0 Å². The Morgan fingerprint density at radius 2 is 1.89 bits per heavy atom. The zero-order valence-electron chi connectivity index (χ0n) is 9.70. The number of benzene rings is 1. The molecule has 0 unspecified atom stereocenters. The van der Waals surface area contributed by atoms with E-state index in [1.807, 2.05) is 18.2 Å². The van der Waals surface area contributed by atoms with E-state index in [-0.39, 0.29) is 10.7 Å². The summed E-state index contributed by atoms with van der Waals surface area (Å²) in [6.07, 6.45) is 1.16. The molecule has 4 nitrogen and oxygen atoms in total. The lowest BCUT2D eigenvalue weighted by Crippen LogP contribution is -2.14. The van der Waals surface area contributed by atoms with Crippen LogP contribution in [0.15, 0.2) is 51.7 Å². The van der Waals surface area contributed by atoms with Crippen LogP contribution in [0, 0.1) is 0 Å². The molecule has 0 aliphatic carbocycles. The standard InChI is InChI=1S/C12H12N2O2S2/c1-18(15,16)10-7-8-17-11(10)12(13)14-9-5-3-2-4-6-9/h2-8H,1H3,(H2,13,14). The van der Waals surface area contributed by atoms with E-state index in [4.69, 9.17) is 5.73 Å². The molecule has 1 heterocycles. The lowest BCUT2D eigenvalue weighted by molar-refractivity contribution is 0.602. The van der Waals surface area contributed by atoms with Crippen molar-refractivity contribution in [1.82, 2.24) is 0 Å². The van der Waals surface area contributed by atoms with Crippen molar-refractivity contribution >= 4 is 32.7 Å². The van der Waals surface area contributed by atoms with Crippen molar-refractivity contribution in [2.45, 2.75) is 4.90 Å². The molecular weight excluding hydrogens is 268 g/mol. The Morgan fingerprint density at radius 3 is 2.50 bits per heavy atom. The van der Waals surface area contributed by atoms with Crippen molar-refractivity contribution in [3.05, 3.63) is 46.7 Å². The molecule has 0 amide bonds. The number of thiophene rings is 1. The highest BCUT2D eigenvalue weighted by molar-refractivity contribution is 7.91. The molecule has 0 bridgehead atoms. The first-order valence-corrected chi connectivity index (χ1v) is 7.93. The highest BCUT2D eigenvalue weighted by atomic mass is 32.2. The van der Waals surface area contributed by atoms with Gasteiger partial charge in [0.15, 0.2) is 9.84 Å². The third kappa shape index (κ3) is 2.77. The summed E-state index contributed by atoms with van der Waals surface area (Å²) >= 11 is 1.27. The number of rotatable bonds is 3. The van der Waals surface area contributed by atoms with Crippen LogP contribution in [0.5, 0.6) is 0 Å². The Balaban J connectivity index is 2.45. The van der Waals surface area contributed by atoms with E-state index in [1.54, 1.807) is 23.6 Å². The molecule has 18 heavy (non-hydrogen) atoms. The summed E-state index contributed by atoms with van der Waals surface area (Å²) in [4.78, 5) is 4.93. The van der Waals surface area contributed by atoms with Gasteiger partial charge in [0.2, 0.25) is 0 Å². The van der Waals surface area contributed by atoms with Crippen LogP contribution < -0.4 is 5.73 Å². The number of hydrogen-bond acceptors (Lipinski definition) is 4. The Bertz CT molecular complexity index is 673. The molecule has 0 atom stereocenters. The SMILES string of the molecule is CS(=O)(=O)c1ccsc1C(N)=Nc1ccccc1. The fraction of sp³-hybridized carbons (Fsp3) is 0.0833. The van der Waals surface area contributed by atoms with Gasteiger partial charge in [-0.05, 0) is 23.6 Å². The number of para-hydroxylation sites is 1. The quantitative estimate of drug-likeness (QED) is 0.692. The number of sulfone groups is 1. The van der Waals surface area contributed by atoms with E-state index >= 15 is 0 Å². The van der Waals surface area contributed by atoms with Crippen LogP contribution in [-0.4, -0.2) is 20.5 Å². The molecule has 94 valence electrons. The minimum atomic E-state index is -3.28. The molecule has 0 aliphatic heterocycles.